The maximum Gasteiger partial charge on any atom is 0.220 e. The average Bonchev–Trinajstić information content (AvgIpc) is 2.18. The van der Waals surface area contributed by atoms with E-state index >= 15 is 0 Å². The molecule has 1 rings (SSSR count). The molecule has 0 aliphatic rings. The first-order valence-corrected chi connectivity index (χ1v) is 5.00. The van der Waals surface area contributed by atoms with E-state index in [-0.39, 0.29) is 11.9 Å². The van der Waals surface area contributed by atoms with Gasteiger partial charge in [0, 0.05) is 6.42 Å². The zero-order valence-electron chi connectivity index (χ0n) is 9.00. The van der Waals surface area contributed by atoms with Gasteiger partial charge in [-0.25, -0.2) is 0 Å². The molecule has 0 saturated heterocycles. The van der Waals surface area contributed by atoms with E-state index in [2.05, 4.69) is 24.4 Å². The van der Waals surface area contributed by atoms with Crippen LogP contribution in [0.1, 0.15) is 37.4 Å². The van der Waals surface area contributed by atoms with Crippen LogP contribution in [-0.4, -0.2) is 5.91 Å². The van der Waals surface area contributed by atoms with E-state index < -0.39 is 0 Å². The van der Waals surface area contributed by atoms with E-state index in [1.807, 2.05) is 26.0 Å². The van der Waals surface area contributed by atoms with Crippen molar-refractivity contribution in [2.24, 2.45) is 0 Å². The van der Waals surface area contributed by atoms with Gasteiger partial charge >= 0.3 is 0 Å². The fourth-order valence-electron chi connectivity index (χ4n) is 1.49. The highest BCUT2D eigenvalue weighted by atomic mass is 16.1. The molecule has 0 saturated carbocycles. The Morgan fingerprint density at radius 1 is 1.43 bits per heavy atom. The molecule has 2 nitrogen and oxygen atoms in total. The van der Waals surface area contributed by atoms with E-state index in [9.17, 15) is 4.79 Å². The van der Waals surface area contributed by atoms with Crippen LogP contribution in [0.5, 0.6) is 0 Å². The highest BCUT2D eigenvalue weighted by Crippen LogP contribution is 2.16. The molecule has 0 unspecified atom stereocenters. The number of amides is 1. The van der Waals surface area contributed by atoms with Crippen molar-refractivity contribution >= 4 is 5.91 Å². The topological polar surface area (TPSA) is 29.1 Å². The summed E-state index contributed by atoms with van der Waals surface area (Å²) in [6, 6.07) is 8.22. The molecule has 0 heterocycles. The molecular formula is C12H17NO. The number of hydrogen-bond donors (Lipinski definition) is 1. The number of rotatable bonds is 3. The molecule has 1 N–H and O–H groups in total. The molecule has 0 spiro atoms. The molecule has 0 aromatic heterocycles. The molecular weight excluding hydrogens is 174 g/mol. The van der Waals surface area contributed by atoms with Gasteiger partial charge in [0.1, 0.15) is 0 Å². The number of carbonyl (C=O) groups is 1. The highest BCUT2D eigenvalue weighted by Gasteiger charge is 2.09. The van der Waals surface area contributed by atoms with Gasteiger partial charge in [0.2, 0.25) is 5.91 Å². The van der Waals surface area contributed by atoms with Gasteiger partial charge in [0.15, 0.2) is 0 Å². The summed E-state index contributed by atoms with van der Waals surface area (Å²) in [5.74, 6) is 0.0979. The SMILES string of the molecule is CCC(=O)N[C@H](C)c1ccccc1C. The van der Waals surface area contributed by atoms with E-state index in [1.54, 1.807) is 0 Å². The van der Waals surface area contributed by atoms with Gasteiger partial charge in [-0.3, -0.25) is 4.79 Å². The van der Waals surface area contributed by atoms with Crippen LogP contribution >= 0.6 is 0 Å². The van der Waals surface area contributed by atoms with Crippen LogP contribution in [0.25, 0.3) is 0 Å². The summed E-state index contributed by atoms with van der Waals surface area (Å²) in [7, 11) is 0. The van der Waals surface area contributed by atoms with E-state index in [1.165, 1.54) is 11.1 Å². The molecule has 1 aromatic rings. The van der Waals surface area contributed by atoms with E-state index in [0.717, 1.165) is 0 Å². The van der Waals surface area contributed by atoms with Crippen LogP contribution < -0.4 is 5.32 Å². The van der Waals surface area contributed by atoms with Gasteiger partial charge in [-0.1, -0.05) is 31.2 Å². The van der Waals surface area contributed by atoms with E-state index in [4.69, 9.17) is 0 Å². The molecule has 0 fully saturated rings. The first-order valence-electron chi connectivity index (χ1n) is 5.00. The van der Waals surface area contributed by atoms with Crippen molar-refractivity contribution < 1.29 is 4.79 Å². The third-order valence-corrected chi connectivity index (χ3v) is 2.35. The summed E-state index contributed by atoms with van der Waals surface area (Å²) < 4.78 is 0. The second-order valence-electron chi connectivity index (χ2n) is 3.50. The largest absolute Gasteiger partial charge is 0.350 e. The van der Waals surface area contributed by atoms with Gasteiger partial charge in [0.05, 0.1) is 6.04 Å². The van der Waals surface area contributed by atoms with Crippen LogP contribution in [0.15, 0.2) is 24.3 Å². The van der Waals surface area contributed by atoms with Crippen LogP contribution in [0.4, 0.5) is 0 Å². The van der Waals surface area contributed by atoms with Crippen LogP contribution in [-0.2, 0) is 4.79 Å². The van der Waals surface area contributed by atoms with Crippen LogP contribution in [0.3, 0.4) is 0 Å². The zero-order chi connectivity index (χ0) is 10.6. The molecule has 0 aliphatic carbocycles. The lowest BCUT2D eigenvalue weighted by molar-refractivity contribution is -0.121. The molecule has 0 radical (unpaired) electrons. The molecule has 14 heavy (non-hydrogen) atoms. The monoisotopic (exact) mass is 191 g/mol. The number of benzene rings is 1. The Bertz CT molecular complexity index is 320. The number of nitrogens with one attached hydrogen (secondary N) is 1. The van der Waals surface area contributed by atoms with Gasteiger partial charge in [-0.05, 0) is 25.0 Å². The first-order chi connectivity index (χ1) is 6.65. The Morgan fingerprint density at radius 2 is 2.07 bits per heavy atom. The lowest BCUT2D eigenvalue weighted by Gasteiger charge is -2.15. The normalized spacial score (nSPS) is 12.2. The Morgan fingerprint density at radius 3 is 2.64 bits per heavy atom. The third-order valence-electron chi connectivity index (χ3n) is 2.35. The predicted molar refractivity (Wildman–Crippen MR) is 58.0 cm³/mol. The Kier molecular flexibility index (Phi) is 3.69. The molecule has 0 aliphatic heterocycles. The van der Waals surface area contributed by atoms with Crippen molar-refractivity contribution in [2.45, 2.75) is 33.2 Å². The van der Waals surface area contributed by atoms with Crippen LogP contribution in [0, 0.1) is 6.92 Å². The average molecular weight is 191 g/mol. The van der Waals surface area contributed by atoms with Crippen molar-refractivity contribution in [3.05, 3.63) is 35.4 Å². The van der Waals surface area contributed by atoms with Gasteiger partial charge in [-0.15, -0.1) is 0 Å². The fourth-order valence-corrected chi connectivity index (χ4v) is 1.49. The molecule has 1 atom stereocenters. The summed E-state index contributed by atoms with van der Waals surface area (Å²) in [4.78, 5) is 11.2. The van der Waals surface area contributed by atoms with Crippen molar-refractivity contribution in [2.75, 3.05) is 0 Å². The minimum absolute atomic E-state index is 0.0979. The highest BCUT2D eigenvalue weighted by molar-refractivity contribution is 5.76. The second kappa shape index (κ2) is 4.80. The van der Waals surface area contributed by atoms with Crippen LogP contribution in [0.2, 0.25) is 0 Å². The van der Waals surface area contributed by atoms with Crippen molar-refractivity contribution in [3.8, 4) is 0 Å². The van der Waals surface area contributed by atoms with Crippen molar-refractivity contribution in [1.82, 2.24) is 5.32 Å². The third kappa shape index (κ3) is 2.59. The Labute approximate surface area is 85.3 Å². The Hall–Kier alpha value is -1.31. The summed E-state index contributed by atoms with van der Waals surface area (Å²) in [6.07, 6.45) is 0.538. The lowest BCUT2D eigenvalue weighted by Crippen LogP contribution is -2.26. The standard InChI is InChI=1S/C12H17NO/c1-4-12(14)13-10(3)11-8-6-5-7-9(11)2/h5-8,10H,4H2,1-3H3,(H,13,14)/t10-/m1/s1. The maximum absolute atomic E-state index is 11.2. The smallest absolute Gasteiger partial charge is 0.220 e. The molecule has 76 valence electrons. The lowest BCUT2D eigenvalue weighted by atomic mass is 10.0. The fraction of sp³-hybridized carbons (Fsp3) is 0.417. The molecule has 0 bridgehead atoms. The zero-order valence-corrected chi connectivity index (χ0v) is 9.00. The molecule has 1 amide bonds. The first kappa shape index (κ1) is 10.8. The van der Waals surface area contributed by atoms with Gasteiger partial charge in [0.25, 0.3) is 0 Å². The minimum Gasteiger partial charge on any atom is -0.350 e. The van der Waals surface area contributed by atoms with Gasteiger partial charge in [-0.2, -0.15) is 0 Å². The summed E-state index contributed by atoms with van der Waals surface area (Å²) in [5.41, 5.74) is 2.41. The molecule has 2 heteroatoms. The number of aryl methyl sites for hydroxylation is 1. The van der Waals surface area contributed by atoms with Crippen molar-refractivity contribution in [1.29, 1.82) is 0 Å². The number of carbonyl (C=O) groups excluding carboxylic acids is 1. The summed E-state index contributed by atoms with van der Waals surface area (Å²) >= 11 is 0. The predicted octanol–water partition coefficient (Wildman–Crippen LogP) is 2.58. The summed E-state index contributed by atoms with van der Waals surface area (Å²) in [6.45, 7) is 5.93. The quantitative estimate of drug-likeness (QED) is 0.781. The second-order valence-corrected chi connectivity index (χ2v) is 3.50. The molecule has 1 aromatic carbocycles. The Balaban J connectivity index is 2.74. The maximum atomic E-state index is 11.2. The minimum atomic E-state index is 0.0979. The summed E-state index contributed by atoms with van der Waals surface area (Å²) in [5, 5.41) is 2.95. The van der Waals surface area contributed by atoms with E-state index in [0.29, 0.717) is 6.42 Å². The number of hydrogen-bond acceptors (Lipinski definition) is 1. The van der Waals surface area contributed by atoms with Crippen molar-refractivity contribution in [3.63, 3.8) is 0 Å². The van der Waals surface area contributed by atoms with Gasteiger partial charge < -0.3 is 5.32 Å².